The minimum Gasteiger partial charge on any atom is -0.366 e. The number of hydrogen-bond donors (Lipinski definition) is 2. The standard InChI is InChI=1S/C22H24N4O3/c1-2-26(21(28)12-7-16-3-5-17(15-23)6-4-16)14-13-20(27)25-19-10-8-18(9-11-19)22(24)29/h3-6,8-11H,2,7,12-14H2,1H3,(H2,24,29)(H,25,27). The molecule has 2 rings (SSSR count). The van der Waals surface area contributed by atoms with Crippen molar-refractivity contribution in [2.45, 2.75) is 26.2 Å². The van der Waals surface area contributed by atoms with Gasteiger partial charge in [-0.1, -0.05) is 12.1 Å². The van der Waals surface area contributed by atoms with Crippen LogP contribution in [0.4, 0.5) is 5.69 Å². The molecule has 0 aliphatic carbocycles. The topological polar surface area (TPSA) is 116 Å². The van der Waals surface area contributed by atoms with E-state index in [-0.39, 0.29) is 18.2 Å². The van der Waals surface area contributed by atoms with E-state index in [1.807, 2.05) is 19.1 Å². The van der Waals surface area contributed by atoms with Crippen LogP contribution in [-0.2, 0) is 16.0 Å². The first-order valence-corrected chi connectivity index (χ1v) is 9.39. The number of benzene rings is 2. The number of anilines is 1. The van der Waals surface area contributed by atoms with Crippen LogP contribution < -0.4 is 11.1 Å². The van der Waals surface area contributed by atoms with Crippen LogP contribution in [0.25, 0.3) is 0 Å². The molecule has 0 aliphatic rings. The van der Waals surface area contributed by atoms with E-state index < -0.39 is 5.91 Å². The fourth-order valence-corrected chi connectivity index (χ4v) is 2.79. The van der Waals surface area contributed by atoms with Crippen LogP contribution in [-0.4, -0.2) is 35.7 Å². The Morgan fingerprint density at radius 2 is 1.69 bits per heavy atom. The zero-order valence-corrected chi connectivity index (χ0v) is 16.4. The summed E-state index contributed by atoms with van der Waals surface area (Å²) in [5.74, 6) is -0.758. The van der Waals surface area contributed by atoms with E-state index in [4.69, 9.17) is 11.0 Å². The zero-order valence-electron chi connectivity index (χ0n) is 16.4. The van der Waals surface area contributed by atoms with E-state index in [0.29, 0.717) is 42.7 Å². The van der Waals surface area contributed by atoms with Crippen LogP contribution in [0.2, 0.25) is 0 Å². The second kappa shape index (κ2) is 10.6. The zero-order chi connectivity index (χ0) is 21.2. The number of primary amides is 1. The molecule has 0 aliphatic heterocycles. The number of aryl methyl sites for hydroxylation is 1. The number of amides is 3. The summed E-state index contributed by atoms with van der Waals surface area (Å²) in [7, 11) is 0. The second-order valence-electron chi connectivity index (χ2n) is 6.52. The number of nitriles is 1. The maximum absolute atomic E-state index is 12.4. The lowest BCUT2D eigenvalue weighted by atomic mass is 10.1. The molecule has 3 amide bonds. The van der Waals surface area contributed by atoms with Gasteiger partial charge in [-0.15, -0.1) is 0 Å². The summed E-state index contributed by atoms with van der Waals surface area (Å²) < 4.78 is 0. The van der Waals surface area contributed by atoms with Crippen molar-refractivity contribution in [2.24, 2.45) is 5.73 Å². The van der Waals surface area contributed by atoms with Gasteiger partial charge < -0.3 is 16.0 Å². The normalized spacial score (nSPS) is 10.1. The van der Waals surface area contributed by atoms with Gasteiger partial charge in [-0.05, 0) is 55.3 Å². The Morgan fingerprint density at radius 1 is 1.03 bits per heavy atom. The largest absolute Gasteiger partial charge is 0.366 e. The van der Waals surface area contributed by atoms with Gasteiger partial charge in [-0.3, -0.25) is 14.4 Å². The van der Waals surface area contributed by atoms with Gasteiger partial charge in [0.25, 0.3) is 0 Å². The number of hydrogen-bond acceptors (Lipinski definition) is 4. The summed E-state index contributed by atoms with van der Waals surface area (Å²) in [6.07, 6.45) is 1.10. The van der Waals surface area contributed by atoms with Gasteiger partial charge in [0.05, 0.1) is 11.6 Å². The quantitative estimate of drug-likeness (QED) is 0.682. The predicted octanol–water partition coefficient (Wildman–Crippen LogP) is 2.47. The van der Waals surface area contributed by atoms with Crippen molar-refractivity contribution in [3.8, 4) is 6.07 Å². The molecule has 0 heterocycles. The lowest BCUT2D eigenvalue weighted by Crippen LogP contribution is -2.33. The molecule has 0 atom stereocenters. The summed E-state index contributed by atoms with van der Waals surface area (Å²) in [5, 5.41) is 11.6. The average Bonchev–Trinajstić information content (AvgIpc) is 2.73. The molecule has 0 saturated heterocycles. The maximum Gasteiger partial charge on any atom is 0.248 e. The molecule has 2 aromatic rings. The van der Waals surface area contributed by atoms with Crippen molar-refractivity contribution in [3.63, 3.8) is 0 Å². The lowest BCUT2D eigenvalue weighted by Gasteiger charge is -2.20. The highest BCUT2D eigenvalue weighted by molar-refractivity contribution is 5.94. The first-order valence-electron chi connectivity index (χ1n) is 9.39. The monoisotopic (exact) mass is 392 g/mol. The Hall–Kier alpha value is -3.66. The van der Waals surface area contributed by atoms with Crippen molar-refractivity contribution < 1.29 is 14.4 Å². The summed E-state index contributed by atoms with van der Waals surface area (Å²) in [4.78, 5) is 37.3. The van der Waals surface area contributed by atoms with E-state index in [0.717, 1.165) is 5.56 Å². The highest BCUT2D eigenvalue weighted by Gasteiger charge is 2.14. The maximum atomic E-state index is 12.4. The Labute approximate surface area is 170 Å². The molecule has 0 fully saturated rings. The number of rotatable bonds is 9. The minimum atomic E-state index is -0.527. The number of nitrogens with two attached hydrogens (primary N) is 1. The van der Waals surface area contributed by atoms with Crippen LogP contribution in [0.15, 0.2) is 48.5 Å². The molecule has 0 saturated carbocycles. The van der Waals surface area contributed by atoms with Gasteiger partial charge in [-0.25, -0.2) is 0 Å². The molecular formula is C22H24N4O3. The molecule has 29 heavy (non-hydrogen) atoms. The first kappa shape index (κ1) is 21.6. The molecule has 0 bridgehead atoms. The van der Waals surface area contributed by atoms with Crippen LogP contribution >= 0.6 is 0 Å². The van der Waals surface area contributed by atoms with Gasteiger partial charge in [-0.2, -0.15) is 5.26 Å². The first-order chi connectivity index (χ1) is 13.9. The van der Waals surface area contributed by atoms with E-state index in [1.54, 1.807) is 41.3 Å². The van der Waals surface area contributed by atoms with Crippen molar-refractivity contribution in [1.29, 1.82) is 5.26 Å². The number of nitrogens with zero attached hydrogens (tertiary/aromatic N) is 2. The van der Waals surface area contributed by atoms with Crippen LogP contribution in [0, 0.1) is 11.3 Å². The third-order valence-electron chi connectivity index (χ3n) is 4.51. The molecule has 7 heteroatoms. The van der Waals surface area contributed by atoms with Crippen LogP contribution in [0.5, 0.6) is 0 Å². The van der Waals surface area contributed by atoms with E-state index in [9.17, 15) is 14.4 Å². The third kappa shape index (κ3) is 6.78. The van der Waals surface area contributed by atoms with Gasteiger partial charge in [0.1, 0.15) is 0 Å². The Kier molecular flexibility index (Phi) is 7.92. The highest BCUT2D eigenvalue weighted by atomic mass is 16.2. The summed E-state index contributed by atoms with van der Waals surface area (Å²) in [6, 6.07) is 15.5. The van der Waals surface area contributed by atoms with Gasteiger partial charge in [0.15, 0.2) is 0 Å². The fraction of sp³-hybridized carbons (Fsp3) is 0.273. The molecule has 2 aromatic carbocycles. The highest BCUT2D eigenvalue weighted by Crippen LogP contribution is 2.11. The van der Waals surface area contributed by atoms with Gasteiger partial charge >= 0.3 is 0 Å². The predicted molar refractivity (Wildman–Crippen MR) is 110 cm³/mol. The Balaban J connectivity index is 1.80. The smallest absolute Gasteiger partial charge is 0.248 e. The van der Waals surface area contributed by atoms with Crippen LogP contribution in [0.3, 0.4) is 0 Å². The molecule has 3 N–H and O–H groups in total. The van der Waals surface area contributed by atoms with Crippen molar-refractivity contribution >= 4 is 23.4 Å². The Bertz CT molecular complexity index is 899. The molecule has 7 nitrogen and oxygen atoms in total. The van der Waals surface area contributed by atoms with Crippen molar-refractivity contribution in [2.75, 3.05) is 18.4 Å². The molecular weight excluding hydrogens is 368 g/mol. The van der Waals surface area contributed by atoms with E-state index >= 15 is 0 Å². The molecule has 0 spiro atoms. The van der Waals surface area contributed by atoms with Crippen molar-refractivity contribution in [1.82, 2.24) is 4.90 Å². The molecule has 0 unspecified atom stereocenters. The van der Waals surface area contributed by atoms with Crippen LogP contribution in [0.1, 0.15) is 41.3 Å². The number of carbonyl (C=O) groups is 3. The van der Waals surface area contributed by atoms with E-state index in [1.165, 1.54) is 0 Å². The Morgan fingerprint density at radius 3 is 2.24 bits per heavy atom. The third-order valence-corrected chi connectivity index (χ3v) is 4.51. The number of carbonyl (C=O) groups excluding carboxylic acids is 3. The minimum absolute atomic E-state index is 0.0181. The molecule has 150 valence electrons. The summed E-state index contributed by atoms with van der Waals surface area (Å²) in [5.41, 5.74) is 7.70. The van der Waals surface area contributed by atoms with Gasteiger partial charge in [0, 0.05) is 37.2 Å². The van der Waals surface area contributed by atoms with Crippen molar-refractivity contribution in [3.05, 3.63) is 65.2 Å². The van der Waals surface area contributed by atoms with Gasteiger partial charge in [0.2, 0.25) is 17.7 Å². The fourth-order valence-electron chi connectivity index (χ4n) is 2.79. The van der Waals surface area contributed by atoms with E-state index in [2.05, 4.69) is 11.4 Å². The SMILES string of the molecule is CCN(CCC(=O)Nc1ccc(C(N)=O)cc1)C(=O)CCc1ccc(C#N)cc1. The summed E-state index contributed by atoms with van der Waals surface area (Å²) in [6.45, 7) is 2.72. The summed E-state index contributed by atoms with van der Waals surface area (Å²) >= 11 is 0. The second-order valence-corrected chi connectivity index (χ2v) is 6.52. The average molecular weight is 392 g/mol. The molecule has 0 aromatic heterocycles. The molecule has 0 radical (unpaired) electrons. The number of nitrogens with one attached hydrogen (secondary N) is 1. The lowest BCUT2D eigenvalue weighted by molar-refractivity contribution is -0.131.